The van der Waals surface area contributed by atoms with Crippen molar-refractivity contribution in [2.45, 2.75) is 13.5 Å². The van der Waals surface area contributed by atoms with Crippen LogP contribution in [0.3, 0.4) is 0 Å². The zero-order valence-corrected chi connectivity index (χ0v) is 21.9. The molecule has 2 amide bonds. The fourth-order valence-corrected chi connectivity index (χ4v) is 4.49. The van der Waals surface area contributed by atoms with Crippen LogP contribution in [0.2, 0.25) is 0 Å². The Bertz CT molecular complexity index is 1370. The van der Waals surface area contributed by atoms with Crippen LogP contribution < -0.4 is 0 Å². The number of carbonyl (C=O) groups excluding carboxylic acids is 2. The molecule has 3 aromatic rings. The van der Waals surface area contributed by atoms with Crippen molar-refractivity contribution in [1.82, 2.24) is 14.7 Å². The molecule has 1 aliphatic heterocycles. The number of nitro benzene ring substituents is 2. The van der Waals surface area contributed by atoms with E-state index in [0.717, 1.165) is 29.3 Å². The van der Waals surface area contributed by atoms with Crippen molar-refractivity contribution < 1.29 is 23.8 Å². The van der Waals surface area contributed by atoms with Crippen LogP contribution in [0.5, 0.6) is 0 Å². The molecular formula is C28H28FN5O6. The average Bonchev–Trinajstić information content (AvgIpc) is 2.96. The maximum atomic E-state index is 13.4. The molecule has 1 saturated heterocycles. The van der Waals surface area contributed by atoms with E-state index in [4.69, 9.17) is 0 Å². The smallest absolute Gasteiger partial charge is 0.277 e. The van der Waals surface area contributed by atoms with Gasteiger partial charge < -0.3 is 9.80 Å². The molecule has 4 rings (SSSR count). The molecule has 1 aliphatic rings. The van der Waals surface area contributed by atoms with Gasteiger partial charge in [-0.3, -0.25) is 34.7 Å². The van der Waals surface area contributed by atoms with Gasteiger partial charge >= 0.3 is 0 Å². The number of nitro groups is 2. The number of hydrogen-bond donors (Lipinski definition) is 0. The molecule has 3 aromatic carbocycles. The molecule has 0 aromatic heterocycles. The summed E-state index contributed by atoms with van der Waals surface area (Å²) in [5, 5.41) is 22.4. The van der Waals surface area contributed by atoms with E-state index in [9.17, 15) is 34.2 Å². The first-order chi connectivity index (χ1) is 19.1. The Balaban J connectivity index is 1.40. The van der Waals surface area contributed by atoms with Gasteiger partial charge in [-0.25, -0.2) is 4.39 Å². The fraction of sp³-hybridized carbons (Fsp3) is 0.286. The van der Waals surface area contributed by atoms with E-state index in [1.807, 2.05) is 19.1 Å². The van der Waals surface area contributed by atoms with E-state index in [0.29, 0.717) is 51.4 Å². The second-order valence-corrected chi connectivity index (χ2v) is 9.61. The summed E-state index contributed by atoms with van der Waals surface area (Å²) in [4.78, 5) is 52.5. The number of hydrogen-bond acceptors (Lipinski definition) is 7. The number of carbonyl (C=O) groups is 2. The summed E-state index contributed by atoms with van der Waals surface area (Å²) < 4.78 is 13.4. The lowest BCUT2D eigenvalue weighted by Gasteiger charge is -2.36. The predicted molar refractivity (Wildman–Crippen MR) is 144 cm³/mol. The summed E-state index contributed by atoms with van der Waals surface area (Å²) in [7, 11) is 0. The first-order valence-corrected chi connectivity index (χ1v) is 12.7. The normalized spacial score (nSPS) is 13.6. The Morgan fingerprint density at radius 1 is 0.850 bits per heavy atom. The minimum Gasteiger partial charge on any atom is -0.336 e. The van der Waals surface area contributed by atoms with Gasteiger partial charge in [0.1, 0.15) is 5.82 Å². The lowest BCUT2D eigenvalue weighted by molar-refractivity contribution is -0.394. The summed E-state index contributed by atoms with van der Waals surface area (Å²) in [6.07, 6.45) is 0. The summed E-state index contributed by atoms with van der Waals surface area (Å²) in [5.41, 5.74) is 1.24. The topological polar surface area (TPSA) is 130 Å². The molecule has 0 spiro atoms. The van der Waals surface area contributed by atoms with Gasteiger partial charge in [-0.05, 0) is 36.8 Å². The zero-order valence-electron chi connectivity index (χ0n) is 21.9. The highest BCUT2D eigenvalue weighted by molar-refractivity contribution is 5.96. The molecule has 208 valence electrons. The van der Waals surface area contributed by atoms with Crippen molar-refractivity contribution >= 4 is 23.2 Å². The second kappa shape index (κ2) is 12.4. The Hall–Kier alpha value is -4.71. The SMILES string of the molecule is Cc1ccc(C(=O)N(CCN2CCN(C(=O)c3cc([N+](=O)[O-])cc([N+](=O)[O-])c3)CC2)Cc2ccc(F)cc2)cc1. The second-order valence-electron chi connectivity index (χ2n) is 9.61. The molecular weight excluding hydrogens is 521 g/mol. The largest absolute Gasteiger partial charge is 0.336 e. The van der Waals surface area contributed by atoms with Crippen molar-refractivity contribution in [2.75, 3.05) is 39.3 Å². The van der Waals surface area contributed by atoms with Crippen molar-refractivity contribution in [3.63, 3.8) is 0 Å². The van der Waals surface area contributed by atoms with Gasteiger partial charge in [0.15, 0.2) is 0 Å². The highest BCUT2D eigenvalue weighted by atomic mass is 19.1. The molecule has 0 radical (unpaired) electrons. The van der Waals surface area contributed by atoms with Crippen LogP contribution in [0.4, 0.5) is 15.8 Å². The van der Waals surface area contributed by atoms with Crippen LogP contribution in [0.1, 0.15) is 31.8 Å². The van der Waals surface area contributed by atoms with Crippen molar-refractivity contribution in [3.05, 3.63) is 115 Å². The Morgan fingerprint density at radius 2 is 1.43 bits per heavy atom. The van der Waals surface area contributed by atoms with Crippen LogP contribution in [0, 0.1) is 33.0 Å². The number of nitrogens with zero attached hydrogens (tertiary/aromatic N) is 5. The Kier molecular flexibility index (Phi) is 8.80. The van der Waals surface area contributed by atoms with E-state index >= 15 is 0 Å². The average molecular weight is 550 g/mol. The maximum Gasteiger partial charge on any atom is 0.277 e. The molecule has 0 unspecified atom stereocenters. The van der Waals surface area contributed by atoms with Gasteiger partial charge in [0.2, 0.25) is 0 Å². The van der Waals surface area contributed by atoms with Crippen LogP contribution in [0.25, 0.3) is 0 Å². The van der Waals surface area contributed by atoms with Crippen LogP contribution in [-0.4, -0.2) is 75.6 Å². The van der Waals surface area contributed by atoms with Crippen molar-refractivity contribution in [3.8, 4) is 0 Å². The lowest BCUT2D eigenvalue weighted by atomic mass is 10.1. The van der Waals surface area contributed by atoms with Crippen LogP contribution in [0.15, 0.2) is 66.7 Å². The Morgan fingerprint density at radius 3 is 1.98 bits per heavy atom. The number of non-ortho nitro benzene ring substituents is 2. The van der Waals surface area contributed by atoms with Crippen LogP contribution >= 0.6 is 0 Å². The van der Waals surface area contributed by atoms with Crippen LogP contribution in [-0.2, 0) is 6.54 Å². The monoisotopic (exact) mass is 549 g/mol. The van der Waals surface area contributed by atoms with E-state index in [-0.39, 0.29) is 17.3 Å². The quantitative estimate of drug-likeness (QED) is 0.291. The first-order valence-electron chi connectivity index (χ1n) is 12.7. The molecule has 40 heavy (non-hydrogen) atoms. The number of rotatable bonds is 9. The van der Waals surface area contributed by atoms with E-state index in [1.165, 1.54) is 17.0 Å². The molecule has 1 fully saturated rings. The third kappa shape index (κ3) is 7.03. The zero-order chi connectivity index (χ0) is 28.8. The number of benzene rings is 3. The molecule has 1 heterocycles. The summed E-state index contributed by atoms with van der Waals surface area (Å²) in [6, 6.07) is 16.2. The van der Waals surface area contributed by atoms with E-state index < -0.39 is 27.1 Å². The van der Waals surface area contributed by atoms with Crippen molar-refractivity contribution in [2.24, 2.45) is 0 Å². The highest BCUT2D eigenvalue weighted by Crippen LogP contribution is 2.24. The fourth-order valence-electron chi connectivity index (χ4n) is 4.49. The van der Waals surface area contributed by atoms with Gasteiger partial charge in [0.05, 0.1) is 21.5 Å². The molecule has 0 N–H and O–H groups in total. The van der Waals surface area contributed by atoms with E-state index in [2.05, 4.69) is 4.90 Å². The predicted octanol–water partition coefficient (Wildman–Crippen LogP) is 4.05. The maximum absolute atomic E-state index is 13.4. The minimum atomic E-state index is -0.767. The van der Waals surface area contributed by atoms with Crippen molar-refractivity contribution in [1.29, 1.82) is 0 Å². The number of amides is 2. The molecule has 11 nitrogen and oxygen atoms in total. The minimum absolute atomic E-state index is 0.108. The number of halogens is 1. The third-order valence-electron chi connectivity index (χ3n) is 6.79. The molecule has 0 saturated carbocycles. The third-order valence-corrected chi connectivity index (χ3v) is 6.79. The van der Waals surface area contributed by atoms with Gasteiger partial charge in [-0.1, -0.05) is 29.8 Å². The van der Waals surface area contributed by atoms with E-state index in [1.54, 1.807) is 29.2 Å². The molecule has 0 atom stereocenters. The van der Waals surface area contributed by atoms with Gasteiger partial charge in [0, 0.05) is 63.5 Å². The molecule has 0 bridgehead atoms. The molecule has 12 heteroatoms. The highest BCUT2D eigenvalue weighted by Gasteiger charge is 2.27. The first kappa shape index (κ1) is 28.3. The van der Waals surface area contributed by atoms with Gasteiger partial charge in [0.25, 0.3) is 23.2 Å². The van der Waals surface area contributed by atoms with Gasteiger partial charge in [-0.15, -0.1) is 0 Å². The number of aryl methyl sites for hydroxylation is 1. The Labute approximate surface area is 229 Å². The summed E-state index contributed by atoms with van der Waals surface area (Å²) >= 11 is 0. The summed E-state index contributed by atoms with van der Waals surface area (Å²) in [5.74, 6) is -1.02. The standard InChI is InChI=1S/C28H28FN5O6/c1-20-2-6-22(7-3-20)27(35)32(19-21-4-8-24(29)9-5-21)15-12-30-10-13-31(14-11-30)28(36)23-16-25(33(37)38)18-26(17-23)34(39)40/h2-9,16-18H,10-15,19H2,1H3. The van der Waals surface area contributed by atoms with Gasteiger partial charge in [-0.2, -0.15) is 0 Å². The summed E-state index contributed by atoms with van der Waals surface area (Å²) in [6.45, 7) is 4.79. The lowest BCUT2D eigenvalue weighted by Crippen LogP contribution is -2.50. The molecule has 0 aliphatic carbocycles. The number of piperazine rings is 1.